The third-order valence-electron chi connectivity index (χ3n) is 3.99. The van der Waals surface area contributed by atoms with Crippen LogP contribution in [0.25, 0.3) is 28.0 Å². The van der Waals surface area contributed by atoms with Crippen molar-refractivity contribution in [2.75, 3.05) is 0 Å². The molecule has 27 heavy (non-hydrogen) atoms. The molecule has 0 saturated carbocycles. The summed E-state index contributed by atoms with van der Waals surface area (Å²) >= 11 is 0. The Balaban J connectivity index is 1.94. The lowest BCUT2D eigenvalue weighted by molar-refractivity contribution is -0.139. The minimum atomic E-state index is -4.79. The van der Waals surface area contributed by atoms with Gasteiger partial charge in [0.05, 0.1) is 16.8 Å². The summed E-state index contributed by atoms with van der Waals surface area (Å²) in [6, 6.07) is 8.80. The minimum Gasteiger partial charge on any atom is -0.329 e. The lowest BCUT2D eigenvalue weighted by atomic mass is 10.1. The van der Waals surface area contributed by atoms with Crippen molar-refractivity contribution in [2.45, 2.75) is 6.18 Å². The molecule has 136 valence electrons. The summed E-state index contributed by atoms with van der Waals surface area (Å²) in [5, 5.41) is 4.36. The second kappa shape index (κ2) is 6.04. The second-order valence-corrected chi connectivity index (χ2v) is 5.74. The molecule has 0 amide bonds. The van der Waals surface area contributed by atoms with Crippen LogP contribution in [-0.4, -0.2) is 19.7 Å². The first kappa shape index (κ1) is 17.0. The van der Waals surface area contributed by atoms with Gasteiger partial charge < -0.3 is 4.98 Å². The summed E-state index contributed by atoms with van der Waals surface area (Å²) < 4.78 is 53.7. The molecule has 0 unspecified atom stereocenters. The number of hydrogen-bond acceptors (Lipinski definition) is 3. The van der Waals surface area contributed by atoms with Gasteiger partial charge in [0.15, 0.2) is 0 Å². The first-order valence-corrected chi connectivity index (χ1v) is 7.74. The molecule has 3 aromatic heterocycles. The standard InChI is InChI=1S/C18H10F4N4O/c19-13-9-11(3-4-12(13)18(20,21)22)26-14-2-1-6-24-17(14)16(25-26)10-5-7-23-15(27)8-10/h1-9H,(H,23,27). The average molecular weight is 374 g/mol. The van der Waals surface area contributed by atoms with Crippen molar-refractivity contribution in [3.63, 3.8) is 0 Å². The van der Waals surface area contributed by atoms with Gasteiger partial charge in [0.1, 0.15) is 17.0 Å². The van der Waals surface area contributed by atoms with Gasteiger partial charge in [0, 0.05) is 30.1 Å². The van der Waals surface area contributed by atoms with E-state index in [4.69, 9.17) is 0 Å². The Kier molecular flexibility index (Phi) is 3.79. The van der Waals surface area contributed by atoms with Crippen LogP contribution in [0.15, 0.2) is 59.7 Å². The van der Waals surface area contributed by atoms with E-state index in [1.54, 1.807) is 18.2 Å². The molecular weight excluding hydrogens is 364 g/mol. The van der Waals surface area contributed by atoms with Crippen LogP contribution >= 0.6 is 0 Å². The van der Waals surface area contributed by atoms with E-state index in [0.717, 1.165) is 12.1 Å². The monoisotopic (exact) mass is 374 g/mol. The van der Waals surface area contributed by atoms with Gasteiger partial charge >= 0.3 is 6.18 Å². The predicted octanol–water partition coefficient (Wildman–Crippen LogP) is 3.93. The SMILES string of the molecule is O=c1cc(-c2nn(-c3ccc(C(F)(F)F)c(F)c3)c3cccnc23)cc[nH]1. The molecule has 5 nitrogen and oxygen atoms in total. The summed E-state index contributed by atoms with van der Waals surface area (Å²) in [6.07, 6.45) is -1.81. The number of aromatic nitrogens is 4. The fraction of sp³-hybridized carbons (Fsp3) is 0.0556. The van der Waals surface area contributed by atoms with E-state index in [2.05, 4.69) is 15.1 Å². The number of hydrogen-bond donors (Lipinski definition) is 1. The Morgan fingerprint density at radius 1 is 1.07 bits per heavy atom. The zero-order valence-corrected chi connectivity index (χ0v) is 13.5. The fourth-order valence-corrected chi connectivity index (χ4v) is 2.80. The number of alkyl halides is 3. The van der Waals surface area contributed by atoms with Crippen LogP contribution in [0.4, 0.5) is 17.6 Å². The van der Waals surface area contributed by atoms with E-state index < -0.39 is 17.6 Å². The van der Waals surface area contributed by atoms with Crippen molar-refractivity contribution in [1.29, 1.82) is 0 Å². The lowest BCUT2D eigenvalue weighted by Crippen LogP contribution is -2.09. The number of aromatic amines is 1. The Bertz CT molecular complexity index is 1210. The van der Waals surface area contributed by atoms with Crippen LogP contribution < -0.4 is 5.56 Å². The van der Waals surface area contributed by atoms with Crippen molar-refractivity contribution in [2.24, 2.45) is 0 Å². The highest BCUT2D eigenvalue weighted by atomic mass is 19.4. The van der Waals surface area contributed by atoms with E-state index >= 15 is 0 Å². The molecule has 0 radical (unpaired) electrons. The highest BCUT2D eigenvalue weighted by Crippen LogP contribution is 2.33. The van der Waals surface area contributed by atoms with E-state index in [-0.39, 0.29) is 11.2 Å². The average Bonchev–Trinajstić information content (AvgIpc) is 3.00. The van der Waals surface area contributed by atoms with Crippen LogP contribution in [0.3, 0.4) is 0 Å². The van der Waals surface area contributed by atoms with Crippen LogP contribution in [0.1, 0.15) is 5.56 Å². The van der Waals surface area contributed by atoms with Gasteiger partial charge in [0.25, 0.3) is 0 Å². The zero-order valence-electron chi connectivity index (χ0n) is 13.5. The van der Waals surface area contributed by atoms with Crippen LogP contribution in [0, 0.1) is 5.82 Å². The zero-order chi connectivity index (χ0) is 19.2. The Hall–Kier alpha value is -3.49. The number of halogens is 4. The smallest absolute Gasteiger partial charge is 0.329 e. The van der Waals surface area contributed by atoms with Crippen molar-refractivity contribution in [3.05, 3.63) is 76.6 Å². The topological polar surface area (TPSA) is 63.6 Å². The highest BCUT2D eigenvalue weighted by Gasteiger charge is 2.34. The maximum atomic E-state index is 14.0. The number of H-pyrrole nitrogens is 1. The third-order valence-corrected chi connectivity index (χ3v) is 3.99. The maximum Gasteiger partial charge on any atom is 0.419 e. The molecule has 0 saturated heterocycles. The number of fused-ring (bicyclic) bond motifs is 1. The quantitative estimate of drug-likeness (QED) is 0.541. The molecular formula is C18H10F4N4O. The third kappa shape index (κ3) is 2.97. The van der Waals surface area contributed by atoms with Crippen molar-refractivity contribution < 1.29 is 17.6 Å². The van der Waals surface area contributed by atoms with Crippen molar-refractivity contribution in [1.82, 2.24) is 19.7 Å². The second-order valence-electron chi connectivity index (χ2n) is 5.74. The Labute approximate surface area is 148 Å². The lowest BCUT2D eigenvalue weighted by Gasteiger charge is -2.10. The normalized spacial score (nSPS) is 11.9. The molecule has 0 aliphatic carbocycles. The van der Waals surface area contributed by atoms with Crippen molar-refractivity contribution in [3.8, 4) is 16.9 Å². The molecule has 0 spiro atoms. The Morgan fingerprint density at radius 3 is 2.59 bits per heavy atom. The van der Waals surface area contributed by atoms with Crippen LogP contribution in [0.5, 0.6) is 0 Å². The van der Waals surface area contributed by atoms with Crippen molar-refractivity contribution >= 4 is 11.0 Å². The molecule has 0 fully saturated rings. The molecule has 3 heterocycles. The van der Waals surface area contributed by atoms with Gasteiger partial charge in [-0.15, -0.1) is 0 Å². The van der Waals surface area contributed by atoms with Crippen LogP contribution in [-0.2, 0) is 6.18 Å². The van der Waals surface area contributed by atoms with E-state index in [0.29, 0.717) is 28.4 Å². The summed E-state index contributed by atoms with van der Waals surface area (Å²) in [4.78, 5) is 18.3. The Morgan fingerprint density at radius 2 is 1.89 bits per heavy atom. The number of nitrogens with zero attached hydrogens (tertiary/aromatic N) is 3. The van der Waals surface area contributed by atoms with Gasteiger partial charge in [0.2, 0.25) is 5.56 Å². The summed E-state index contributed by atoms with van der Waals surface area (Å²) in [6.45, 7) is 0. The predicted molar refractivity (Wildman–Crippen MR) is 89.9 cm³/mol. The largest absolute Gasteiger partial charge is 0.419 e. The molecule has 1 N–H and O–H groups in total. The molecule has 0 bridgehead atoms. The van der Waals surface area contributed by atoms with E-state index in [9.17, 15) is 22.4 Å². The fourth-order valence-electron chi connectivity index (χ4n) is 2.80. The van der Waals surface area contributed by atoms with Gasteiger partial charge in [-0.25, -0.2) is 9.07 Å². The van der Waals surface area contributed by atoms with E-state index in [1.165, 1.54) is 23.1 Å². The summed E-state index contributed by atoms with van der Waals surface area (Å²) in [7, 11) is 0. The highest BCUT2D eigenvalue weighted by molar-refractivity contribution is 5.90. The van der Waals surface area contributed by atoms with Gasteiger partial charge in [-0.3, -0.25) is 9.78 Å². The first-order valence-electron chi connectivity index (χ1n) is 7.74. The van der Waals surface area contributed by atoms with Gasteiger partial charge in [-0.1, -0.05) is 0 Å². The molecule has 0 aliphatic rings. The van der Waals surface area contributed by atoms with Gasteiger partial charge in [-0.05, 0) is 30.3 Å². The van der Waals surface area contributed by atoms with E-state index in [1.807, 2.05) is 0 Å². The molecule has 0 aliphatic heterocycles. The first-order chi connectivity index (χ1) is 12.8. The number of pyridine rings is 2. The van der Waals surface area contributed by atoms with Crippen LogP contribution in [0.2, 0.25) is 0 Å². The minimum absolute atomic E-state index is 0.106. The number of benzene rings is 1. The summed E-state index contributed by atoms with van der Waals surface area (Å²) in [5.41, 5.74) is 0.151. The maximum absolute atomic E-state index is 14.0. The molecule has 9 heteroatoms. The summed E-state index contributed by atoms with van der Waals surface area (Å²) in [5.74, 6) is -1.40. The molecule has 4 aromatic rings. The number of nitrogens with one attached hydrogen (secondary N) is 1. The number of rotatable bonds is 2. The molecule has 1 aromatic carbocycles. The molecule has 4 rings (SSSR count). The molecule has 0 atom stereocenters. The van der Waals surface area contributed by atoms with Gasteiger partial charge in [-0.2, -0.15) is 18.3 Å².